The Morgan fingerprint density at radius 1 is 1.46 bits per heavy atom. The number of nitrogens with zero attached hydrogens (tertiary/aromatic N) is 2. The number of ether oxygens (including phenoxy) is 1. The van der Waals surface area contributed by atoms with Crippen LogP contribution in [0.2, 0.25) is 0 Å². The third-order valence-corrected chi connectivity index (χ3v) is 4.34. The number of rotatable bonds is 5. The molecule has 2 rings (SSSR count). The van der Waals surface area contributed by atoms with Gasteiger partial charge in [0.05, 0.1) is 15.8 Å². The van der Waals surface area contributed by atoms with E-state index in [2.05, 4.69) is 27.7 Å². The normalized spacial score (nSPS) is 15.4. The fourth-order valence-corrected chi connectivity index (χ4v) is 2.97. The molecule has 7 nitrogen and oxygen atoms in total. The first-order chi connectivity index (χ1) is 11.3. The molecule has 1 aromatic carbocycles. The highest BCUT2D eigenvalue weighted by atomic mass is 32.1. The van der Waals surface area contributed by atoms with Gasteiger partial charge in [0.1, 0.15) is 11.2 Å². The van der Waals surface area contributed by atoms with Crippen LogP contribution in [-0.2, 0) is 4.74 Å². The van der Waals surface area contributed by atoms with E-state index >= 15 is 0 Å². The number of benzene rings is 1. The largest absolute Gasteiger partial charge is 0.456 e. The second-order valence-electron chi connectivity index (χ2n) is 6.18. The van der Waals surface area contributed by atoms with Crippen LogP contribution in [0.3, 0.4) is 0 Å². The van der Waals surface area contributed by atoms with Gasteiger partial charge in [-0.05, 0) is 64.1 Å². The summed E-state index contributed by atoms with van der Waals surface area (Å²) in [5.41, 5.74) is -0.873. The number of nitro benzene ring substituents is 1. The molecule has 0 bridgehead atoms. The monoisotopic (exact) mass is 349 g/mol. The molecule has 0 radical (unpaired) electrons. The second kappa shape index (κ2) is 7.61. The standard InChI is InChI=1S/C16H19N3O4S/c1-16(2,11-5-7-17-8-6-11)23-15(20)13-4-3-12(18-10-24)9-14(13)19(21)22/h3-4,9,11,17H,5-8H2,1-2H3. The van der Waals surface area contributed by atoms with Gasteiger partial charge < -0.3 is 10.1 Å². The predicted octanol–water partition coefficient (Wildman–Crippen LogP) is 3.26. The van der Waals surface area contributed by atoms with Gasteiger partial charge in [0.2, 0.25) is 0 Å². The van der Waals surface area contributed by atoms with Crippen LogP contribution in [0.15, 0.2) is 23.2 Å². The zero-order valence-electron chi connectivity index (χ0n) is 13.6. The Kier molecular flexibility index (Phi) is 5.77. The maximum atomic E-state index is 12.5. The second-order valence-corrected chi connectivity index (χ2v) is 6.36. The molecule has 8 heteroatoms. The predicted molar refractivity (Wildman–Crippen MR) is 92.9 cm³/mol. The lowest BCUT2D eigenvalue weighted by Gasteiger charge is -2.36. The zero-order valence-corrected chi connectivity index (χ0v) is 14.4. The van der Waals surface area contributed by atoms with Crippen molar-refractivity contribution in [2.24, 2.45) is 10.9 Å². The van der Waals surface area contributed by atoms with E-state index in [1.807, 2.05) is 13.8 Å². The number of isothiocyanates is 1. The molecule has 1 N–H and O–H groups in total. The maximum absolute atomic E-state index is 12.5. The smallest absolute Gasteiger partial charge is 0.345 e. The van der Waals surface area contributed by atoms with E-state index < -0.39 is 16.5 Å². The first-order valence-electron chi connectivity index (χ1n) is 7.65. The van der Waals surface area contributed by atoms with Crippen molar-refractivity contribution < 1.29 is 14.5 Å². The molecular weight excluding hydrogens is 330 g/mol. The van der Waals surface area contributed by atoms with Gasteiger partial charge in [0.15, 0.2) is 0 Å². The molecule has 1 aromatic rings. The first kappa shape index (κ1) is 18.2. The Morgan fingerprint density at radius 2 is 2.12 bits per heavy atom. The molecule has 0 aromatic heterocycles. The summed E-state index contributed by atoms with van der Waals surface area (Å²) < 4.78 is 5.62. The summed E-state index contributed by atoms with van der Waals surface area (Å²) in [6, 6.07) is 4.00. The van der Waals surface area contributed by atoms with Crippen molar-refractivity contribution in [3.63, 3.8) is 0 Å². The topological polar surface area (TPSA) is 93.8 Å². The number of carbonyl (C=O) groups excluding carboxylic acids is 1. The molecule has 1 fully saturated rings. The summed E-state index contributed by atoms with van der Waals surface area (Å²) in [6.45, 7) is 5.43. The van der Waals surface area contributed by atoms with E-state index in [4.69, 9.17) is 4.74 Å². The van der Waals surface area contributed by atoms with Gasteiger partial charge in [-0.25, -0.2) is 4.79 Å². The van der Waals surface area contributed by atoms with Crippen LogP contribution in [0, 0.1) is 16.0 Å². The molecule has 0 aliphatic carbocycles. The van der Waals surface area contributed by atoms with E-state index in [0.717, 1.165) is 25.9 Å². The zero-order chi connectivity index (χ0) is 17.7. The number of hydrogen-bond acceptors (Lipinski definition) is 7. The Morgan fingerprint density at radius 3 is 2.71 bits per heavy atom. The van der Waals surface area contributed by atoms with E-state index in [-0.39, 0.29) is 22.9 Å². The van der Waals surface area contributed by atoms with Crippen molar-refractivity contribution in [3.05, 3.63) is 33.9 Å². The van der Waals surface area contributed by atoms with Gasteiger partial charge in [0, 0.05) is 12.0 Å². The molecule has 1 aliphatic heterocycles. The van der Waals surface area contributed by atoms with Gasteiger partial charge in [-0.2, -0.15) is 4.99 Å². The van der Waals surface area contributed by atoms with Crippen molar-refractivity contribution in [2.75, 3.05) is 13.1 Å². The van der Waals surface area contributed by atoms with Crippen LogP contribution in [0.25, 0.3) is 0 Å². The molecule has 0 saturated carbocycles. The summed E-state index contributed by atoms with van der Waals surface area (Å²) in [4.78, 5) is 26.8. The van der Waals surface area contributed by atoms with Gasteiger partial charge in [-0.3, -0.25) is 10.1 Å². The summed E-state index contributed by atoms with van der Waals surface area (Å²) in [6.07, 6.45) is 1.79. The lowest BCUT2D eigenvalue weighted by Crippen LogP contribution is -2.42. The molecule has 1 heterocycles. The Labute approximate surface area is 145 Å². The number of nitro groups is 1. The Hall–Kier alpha value is -2.15. The summed E-state index contributed by atoms with van der Waals surface area (Å²) in [5.74, 6) is -0.497. The molecular formula is C16H19N3O4S. The van der Waals surface area contributed by atoms with Crippen molar-refractivity contribution in [1.29, 1.82) is 0 Å². The fourth-order valence-electron chi connectivity index (χ4n) is 2.86. The van der Waals surface area contributed by atoms with Crippen LogP contribution < -0.4 is 5.32 Å². The fraction of sp³-hybridized carbons (Fsp3) is 0.500. The minimum Gasteiger partial charge on any atom is -0.456 e. The quantitative estimate of drug-likeness (QED) is 0.288. The maximum Gasteiger partial charge on any atom is 0.345 e. The summed E-state index contributed by atoms with van der Waals surface area (Å²) in [7, 11) is 0. The number of piperidine rings is 1. The Balaban J connectivity index is 2.25. The van der Waals surface area contributed by atoms with Gasteiger partial charge in [0.25, 0.3) is 5.69 Å². The molecule has 1 aliphatic rings. The van der Waals surface area contributed by atoms with Gasteiger partial charge >= 0.3 is 5.97 Å². The van der Waals surface area contributed by atoms with Gasteiger partial charge in [-0.15, -0.1) is 0 Å². The van der Waals surface area contributed by atoms with Crippen LogP contribution in [0.1, 0.15) is 37.0 Å². The Bertz CT molecular complexity index is 693. The van der Waals surface area contributed by atoms with Crippen molar-refractivity contribution in [1.82, 2.24) is 5.32 Å². The van der Waals surface area contributed by atoms with E-state index in [0.29, 0.717) is 0 Å². The first-order valence-corrected chi connectivity index (χ1v) is 8.06. The van der Waals surface area contributed by atoms with Crippen molar-refractivity contribution in [3.8, 4) is 0 Å². The number of thiocarbonyl (C=S) groups is 1. The summed E-state index contributed by atoms with van der Waals surface area (Å²) >= 11 is 4.49. The molecule has 24 heavy (non-hydrogen) atoms. The SMILES string of the molecule is CC(C)(OC(=O)c1ccc(N=C=S)cc1[N+](=O)[O-])C1CCNCC1. The minimum atomic E-state index is -0.705. The highest BCUT2D eigenvalue weighted by molar-refractivity contribution is 7.78. The average molecular weight is 349 g/mol. The lowest BCUT2D eigenvalue weighted by atomic mass is 9.83. The molecule has 0 unspecified atom stereocenters. The summed E-state index contributed by atoms with van der Waals surface area (Å²) in [5, 5.41) is 16.7. The average Bonchev–Trinajstić information content (AvgIpc) is 2.55. The van der Waals surface area contributed by atoms with Crippen LogP contribution in [-0.4, -0.2) is 34.7 Å². The van der Waals surface area contributed by atoms with Gasteiger partial charge in [-0.1, -0.05) is 0 Å². The van der Waals surface area contributed by atoms with E-state index in [1.165, 1.54) is 18.2 Å². The number of nitrogens with one attached hydrogen (secondary N) is 1. The number of hydrogen-bond donors (Lipinski definition) is 1. The van der Waals surface area contributed by atoms with Crippen LogP contribution in [0.4, 0.5) is 11.4 Å². The number of carbonyl (C=O) groups is 1. The minimum absolute atomic E-state index is 0.0923. The molecule has 0 amide bonds. The highest BCUT2D eigenvalue weighted by Crippen LogP contribution is 2.32. The number of esters is 1. The highest BCUT2D eigenvalue weighted by Gasteiger charge is 2.35. The lowest BCUT2D eigenvalue weighted by molar-refractivity contribution is -0.385. The third kappa shape index (κ3) is 4.23. The van der Waals surface area contributed by atoms with Crippen molar-refractivity contribution in [2.45, 2.75) is 32.3 Å². The van der Waals surface area contributed by atoms with Crippen LogP contribution >= 0.6 is 12.2 Å². The molecule has 128 valence electrons. The van der Waals surface area contributed by atoms with Crippen LogP contribution in [0.5, 0.6) is 0 Å². The van der Waals surface area contributed by atoms with E-state index in [9.17, 15) is 14.9 Å². The third-order valence-electron chi connectivity index (χ3n) is 4.25. The van der Waals surface area contributed by atoms with E-state index in [1.54, 1.807) is 0 Å². The molecule has 0 atom stereocenters. The van der Waals surface area contributed by atoms with Crippen molar-refractivity contribution >= 4 is 34.7 Å². The molecule has 0 spiro atoms. The number of aliphatic imine (C=N–C) groups is 1. The molecule has 1 saturated heterocycles.